The van der Waals surface area contributed by atoms with Crippen LogP contribution in [0.4, 0.5) is 10.5 Å². The number of aromatic nitrogens is 2. The molecule has 10 heteroatoms. The largest absolute Gasteiger partial charge is 0.496 e. The smallest absolute Gasteiger partial charge is 0.331 e. The second-order valence-corrected chi connectivity index (χ2v) is 11.0. The van der Waals surface area contributed by atoms with E-state index >= 15 is 0 Å². The molecule has 1 saturated heterocycles. The van der Waals surface area contributed by atoms with Gasteiger partial charge in [-0.15, -0.1) is 0 Å². The van der Waals surface area contributed by atoms with Gasteiger partial charge >= 0.3 is 11.7 Å². The number of nitrogens with zero attached hydrogens (tertiary/aromatic N) is 4. The molecule has 2 aliphatic rings. The van der Waals surface area contributed by atoms with Crippen molar-refractivity contribution in [3.63, 3.8) is 0 Å². The van der Waals surface area contributed by atoms with Crippen molar-refractivity contribution in [3.05, 3.63) is 80.6 Å². The van der Waals surface area contributed by atoms with Gasteiger partial charge in [0.25, 0.3) is 5.56 Å². The number of aryl methyl sites for hydroxylation is 1. The minimum Gasteiger partial charge on any atom is -0.496 e. The molecule has 1 fully saturated rings. The molecule has 216 valence electrons. The number of anilines is 1. The molecule has 1 N–H and O–H groups in total. The van der Waals surface area contributed by atoms with E-state index < -0.39 is 17.3 Å². The zero-order valence-electron chi connectivity index (χ0n) is 24.1. The lowest BCUT2D eigenvalue weighted by Crippen LogP contribution is -2.51. The maximum atomic E-state index is 13.4. The highest BCUT2D eigenvalue weighted by atomic mass is 16.5. The molecule has 0 saturated carbocycles. The van der Waals surface area contributed by atoms with Gasteiger partial charge in [-0.2, -0.15) is 0 Å². The van der Waals surface area contributed by atoms with Crippen LogP contribution in [0.15, 0.2) is 58.3 Å². The lowest BCUT2D eigenvalue weighted by Gasteiger charge is -2.38. The first-order chi connectivity index (χ1) is 19.7. The van der Waals surface area contributed by atoms with Crippen molar-refractivity contribution in [2.24, 2.45) is 0 Å². The van der Waals surface area contributed by atoms with Crippen LogP contribution in [0, 0.1) is 6.92 Å². The summed E-state index contributed by atoms with van der Waals surface area (Å²) in [6.45, 7) is 6.84. The van der Waals surface area contributed by atoms with Crippen LogP contribution in [0.3, 0.4) is 0 Å². The van der Waals surface area contributed by atoms with Crippen molar-refractivity contribution in [2.75, 3.05) is 32.1 Å². The van der Waals surface area contributed by atoms with E-state index in [1.165, 1.54) is 15.3 Å². The molecule has 0 bridgehead atoms. The van der Waals surface area contributed by atoms with Crippen LogP contribution in [0.2, 0.25) is 0 Å². The Hall–Kier alpha value is -4.34. The number of amides is 3. The number of methoxy groups -OCH3 is 1. The first kappa shape index (κ1) is 28.2. The fourth-order valence-corrected chi connectivity index (χ4v) is 5.92. The molecule has 2 aromatic carbocycles. The molecule has 0 unspecified atom stereocenters. The molecule has 3 aromatic rings. The van der Waals surface area contributed by atoms with E-state index in [0.29, 0.717) is 49.4 Å². The minimum absolute atomic E-state index is 0.0271. The number of piperidine rings is 1. The number of urea groups is 1. The van der Waals surface area contributed by atoms with Crippen LogP contribution in [0.25, 0.3) is 11.1 Å². The van der Waals surface area contributed by atoms with Crippen LogP contribution in [0.1, 0.15) is 43.9 Å². The van der Waals surface area contributed by atoms with Crippen molar-refractivity contribution in [1.29, 1.82) is 0 Å². The third kappa shape index (κ3) is 5.51. The summed E-state index contributed by atoms with van der Waals surface area (Å²) in [4.78, 5) is 56.8. The predicted octanol–water partition coefficient (Wildman–Crippen LogP) is 3.66. The van der Waals surface area contributed by atoms with Gasteiger partial charge in [-0.3, -0.25) is 18.7 Å². The van der Waals surface area contributed by atoms with Crippen molar-refractivity contribution < 1.29 is 14.3 Å². The average molecular weight is 560 g/mol. The third-order valence-corrected chi connectivity index (χ3v) is 8.11. The zero-order chi connectivity index (χ0) is 29.3. The molecule has 3 amide bonds. The van der Waals surface area contributed by atoms with Gasteiger partial charge in [0, 0.05) is 49.2 Å². The van der Waals surface area contributed by atoms with E-state index in [0.717, 1.165) is 23.2 Å². The number of benzene rings is 2. The van der Waals surface area contributed by atoms with E-state index in [-0.39, 0.29) is 24.5 Å². The number of ether oxygens (including phenoxy) is 1. The van der Waals surface area contributed by atoms with Gasteiger partial charge in [0.15, 0.2) is 0 Å². The number of hydrogen-bond acceptors (Lipinski definition) is 5. The van der Waals surface area contributed by atoms with Crippen molar-refractivity contribution >= 4 is 17.6 Å². The fraction of sp³-hybridized carbons (Fsp3) is 0.419. The molecule has 0 aliphatic carbocycles. The summed E-state index contributed by atoms with van der Waals surface area (Å²) in [5.74, 6) is 0.355. The SMILES string of the molecule is COc1c(C)cccc1-c1cn(CC(=O)N2CCC(N3CCc4ccccc4NC3=O)CC2)c(=O)n(C(C)C)c1=O. The number of carbonyl (C=O) groups is 2. The van der Waals surface area contributed by atoms with Crippen molar-refractivity contribution in [1.82, 2.24) is 18.9 Å². The molecule has 10 nitrogen and oxygen atoms in total. The van der Waals surface area contributed by atoms with Crippen molar-refractivity contribution in [3.8, 4) is 16.9 Å². The zero-order valence-corrected chi connectivity index (χ0v) is 24.1. The molecule has 2 aliphatic heterocycles. The molecule has 0 radical (unpaired) electrons. The number of nitrogens with one attached hydrogen (secondary N) is 1. The third-order valence-electron chi connectivity index (χ3n) is 8.11. The van der Waals surface area contributed by atoms with Gasteiger partial charge < -0.3 is 19.9 Å². The van der Waals surface area contributed by atoms with E-state index in [9.17, 15) is 19.2 Å². The van der Waals surface area contributed by atoms with Gasteiger partial charge in [0.1, 0.15) is 12.3 Å². The highest BCUT2D eigenvalue weighted by Gasteiger charge is 2.31. The lowest BCUT2D eigenvalue weighted by molar-refractivity contribution is -0.133. The molecule has 3 heterocycles. The highest BCUT2D eigenvalue weighted by molar-refractivity contribution is 5.91. The molecule has 0 spiro atoms. The van der Waals surface area contributed by atoms with E-state index in [4.69, 9.17) is 4.74 Å². The molecule has 0 atom stereocenters. The average Bonchev–Trinajstić information content (AvgIpc) is 3.12. The summed E-state index contributed by atoms with van der Waals surface area (Å²) >= 11 is 0. The summed E-state index contributed by atoms with van der Waals surface area (Å²) in [5, 5.41) is 3.02. The Morgan fingerprint density at radius 3 is 2.44 bits per heavy atom. The second-order valence-electron chi connectivity index (χ2n) is 11.0. The lowest BCUT2D eigenvalue weighted by atomic mass is 10.0. The first-order valence-corrected chi connectivity index (χ1v) is 14.1. The molecule has 5 rings (SSSR count). The Labute approximate surface area is 239 Å². The number of fused-ring (bicyclic) bond motifs is 1. The minimum atomic E-state index is -0.524. The summed E-state index contributed by atoms with van der Waals surface area (Å²) in [7, 11) is 1.55. The van der Waals surface area contributed by atoms with E-state index in [2.05, 4.69) is 5.32 Å². The Morgan fingerprint density at radius 2 is 1.73 bits per heavy atom. The number of carbonyl (C=O) groups excluding carboxylic acids is 2. The monoisotopic (exact) mass is 559 g/mol. The Morgan fingerprint density at radius 1 is 1.00 bits per heavy atom. The van der Waals surface area contributed by atoms with E-state index in [1.807, 2.05) is 48.2 Å². The number of para-hydroxylation sites is 2. The standard InChI is InChI=1S/C31H37N5O5/c1-20(2)36-29(38)25(24-10-7-8-21(3)28(24)41-4)18-34(31(36)40)19-27(37)33-15-13-23(14-16-33)35-17-12-22-9-5-6-11-26(22)32-30(35)39/h5-11,18,20,23H,12-17,19H2,1-4H3,(H,32,39). The molecular formula is C31H37N5O5. The summed E-state index contributed by atoms with van der Waals surface area (Å²) < 4.78 is 8.10. The fourth-order valence-electron chi connectivity index (χ4n) is 5.92. The van der Waals surface area contributed by atoms with Crippen LogP contribution < -0.4 is 21.3 Å². The van der Waals surface area contributed by atoms with Gasteiger partial charge in [-0.1, -0.05) is 36.4 Å². The number of hydrogen-bond donors (Lipinski definition) is 1. The first-order valence-electron chi connectivity index (χ1n) is 14.1. The van der Waals surface area contributed by atoms with Crippen LogP contribution >= 0.6 is 0 Å². The second kappa shape index (κ2) is 11.6. The summed E-state index contributed by atoms with van der Waals surface area (Å²) in [6, 6.07) is 12.9. The van der Waals surface area contributed by atoms with Crippen molar-refractivity contribution in [2.45, 2.75) is 58.7 Å². The molecular weight excluding hydrogens is 522 g/mol. The van der Waals surface area contributed by atoms with Gasteiger partial charge in [-0.25, -0.2) is 9.59 Å². The predicted molar refractivity (Wildman–Crippen MR) is 158 cm³/mol. The molecule has 1 aromatic heterocycles. The van der Waals surface area contributed by atoms with E-state index in [1.54, 1.807) is 31.9 Å². The van der Waals surface area contributed by atoms with Gasteiger partial charge in [0.05, 0.1) is 12.7 Å². The van der Waals surface area contributed by atoms with Gasteiger partial charge in [-0.05, 0) is 57.2 Å². The number of rotatable bonds is 6. The maximum Gasteiger partial charge on any atom is 0.331 e. The quantitative estimate of drug-likeness (QED) is 0.496. The van der Waals surface area contributed by atoms with Crippen LogP contribution in [0.5, 0.6) is 5.75 Å². The van der Waals surface area contributed by atoms with Crippen LogP contribution in [-0.4, -0.2) is 63.7 Å². The topological polar surface area (TPSA) is 106 Å². The maximum absolute atomic E-state index is 13.4. The Kier molecular flexibility index (Phi) is 8.01. The summed E-state index contributed by atoms with van der Waals surface area (Å²) in [6.07, 6.45) is 3.56. The normalized spacial score (nSPS) is 15.9. The highest BCUT2D eigenvalue weighted by Crippen LogP contribution is 2.31. The Bertz CT molecular complexity index is 1580. The van der Waals surface area contributed by atoms with Gasteiger partial charge in [0.2, 0.25) is 5.91 Å². The summed E-state index contributed by atoms with van der Waals surface area (Å²) in [5.41, 5.74) is 2.76. The Balaban J connectivity index is 1.33. The molecule has 41 heavy (non-hydrogen) atoms. The number of likely N-dealkylation sites (tertiary alicyclic amines) is 1. The van der Waals surface area contributed by atoms with Crippen LogP contribution in [-0.2, 0) is 17.8 Å².